The maximum absolute atomic E-state index is 12.3. The second kappa shape index (κ2) is 6.45. The summed E-state index contributed by atoms with van der Waals surface area (Å²) in [5.41, 5.74) is 0.281. The van der Waals surface area contributed by atoms with Crippen molar-refractivity contribution in [2.75, 3.05) is 13.1 Å². The Hall–Kier alpha value is -1.93. The number of rotatable bonds is 5. The van der Waals surface area contributed by atoms with Crippen LogP contribution >= 0.6 is 0 Å². The van der Waals surface area contributed by atoms with Crippen LogP contribution in [0.1, 0.15) is 30.1 Å². The summed E-state index contributed by atoms with van der Waals surface area (Å²) >= 11 is 0. The zero-order valence-electron chi connectivity index (χ0n) is 12.2. The van der Waals surface area contributed by atoms with Crippen LogP contribution in [-0.2, 0) is 14.8 Å². The van der Waals surface area contributed by atoms with E-state index in [2.05, 4.69) is 4.72 Å². The van der Waals surface area contributed by atoms with Gasteiger partial charge in [0.1, 0.15) is 6.04 Å². The summed E-state index contributed by atoms with van der Waals surface area (Å²) in [4.78, 5) is 24.9. The predicted molar refractivity (Wildman–Crippen MR) is 79.0 cm³/mol. The Bertz CT molecular complexity index is 669. The molecule has 1 heterocycles. The minimum atomic E-state index is -3.57. The van der Waals surface area contributed by atoms with Gasteiger partial charge in [-0.1, -0.05) is 6.92 Å². The van der Waals surface area contributed by atoms with E-state index in [4.69, 9.17) is 5.11 Å². The summed E-state index contributed by atoms with van der Waals surface area (Å²) in [5, 5.41) is 9.11. The van der Waals surface area contributed by atoms with E-state index in [1.54, 1.807) is 6.92 Å². The highest BCUT2D eigenvalue weighted by molar-refractivity contribution is 7.89. The second-order valence-electron chi connectivity index (χ2n) is 5.02. The standard InChI is InChI=1S/C14H18N2O5S/c1-2-15-22(20,21)11-7-5-10(6-8-11)13(17)16-9-3-4-12(16)14(18)19/h5-8,12,15H,2-4,9H2,1H3,(H,18,19)/t12-/m0/s1. The monoisotopic (exact) mass is 326 g/mol. The molecule has 120 valence electrons. The number of hydrogen-bond acceptors (Lipinski definition) is 4. The number of amides is 1. The molecule has 0 unspecified atom stereocenters. The molecular formula is C14H18N2O5S. The molecule has 1 saturated heterocycles. The number of nitrogens with one attached hydrogen (secondary N) is 1. The fourth-order valence-corrected chi connectivity index (χ4v) is 3.52. The number of nitrogens with zero attached hydrogens (tertiary/aromatic N) is 1. The van der Waals surface area contributed by atoms with Crippen molar-refractivity contribution in [1.29, 1.82) is 0 Å². The first kappa shape index (κ1) is 16.4. The molecule has 2 N–H and O–H groups in total. The number of hydrogen-bond donors (Lipinski definition) is 2. The average Bonchev–Trinajstić information content (AvgIpc) is 2.96. The molecule has 0 aromatic heterocycles. The number of carbonyl (C=O) groups excluding carboxylic acids is 1. The van der Waals surface area contributed by atoms with E-state index in [0.29, 0.717) is 19.4 Å². The van der Waals surface area contributed by atoms with Gasteiger partial charge in [-0.25, -0.2) is 17.9 Å². The number of aliphatic carboxylic acids is 1. The van der Waals surface area contributed by atoms with Crippen LogP contribution in [0.15, 0.2) is 29.2 Å². The maximum Gasteiger partial charge on any atom is 0.326 e. The molecule has 0 radical (unpaired) electrons. The molecule has 1 aliphatic rings. The molecule has 0 spiro atoms. The molecule has 22 heavy (non-hydrogen) atoms. The molecule has 0 aliphatic carbocycles. The second-order valence-corrected chi connectivity index (χ2v) is 6.79. The summed E-state index contributed by atoms with van der Waals surface area (Å²) in [6.07, 6.45) is 1.09. The van der Waals surface area contributed by atoms with Crippen LogP contribution in [0.2, 0.25) is 0 Å². The normalized spacial score (nSPS) is 18.4. The molecule has 2 rings (SSSR count). The molecule has 8 heteroatoms. The van der Waals surface area contributed by atoms with Crippen LogP contribution in [0.4, 0.5) is 0 Å². The number of sulfonamides is 1. The Balaban J connectivity index is 2.20. The lowest BCUT2D eigenvalue weighted by molar-refractivity contribution is -0.141. The SMILES string of the molecule is CCNS(=O)(=O)c1ccc(C(=O)N2CCC[C@H]2C(=O)O)cc1. The van der Waals surface area contributed by atoms with E-state index in [-0.39, 0.29) is 17.0 Å². The van der Waals surface area contributed by atoms with Gasteiger partial charge in [-0.15, -0.1) is 0 Å². The highest BCUT2D eigenvalue weighted by atomic mass is 32.2. The van der Waals surface area contributed by atoms with Gasteiger partial charge in [0, 0.05) is 18.7 Å². The van der Waals surface area contributed by atoms with Crippen LogP contribution in [0.25, 0.3) is 0 Å². The Morgan fingerprint density at radius 1 is 1.32 bits per heavy atom. The highest BCUT2D eigenvalue weighted by Crippen LogP contribution is 2.21. The lowest BCUT2D eigenvalue weighted by atomic mass is 10.1. The minimum absolute atomic E-state index is 0.0714. The van der Waals surface area contributed by atoms with Crippen molar-refractivity contribution < 1.29 is 23.1 Å². The van der Waals surface area contributed by atoms with Crippen molar-refractivity contribution in [3.05, 3.63) is 29.8 Å². The third-order valence-corrected chi connectivity index (χ3v) is 5.11. The predicted octanol–water partition coefficient (Wildman–Crippen LogP) is 0.674. The third-order valence-electron chi connectivity index (χ3n) is 3.54. The number of likely N-dealkylation sites (tertiary alicyclic amines) is 1. The summed E-state index contributed by atoms with van der Waals surface area (Å²) in [7, 11) is -3.57. The van der Waals surface area contributed by atoms with Crippen molar-refractivity contribution in [1.82, 2.24) is 9.62 Å². The fourth-order valence-electron chi connectivity index (χ4n) is 2.48. The van der Waals surface area contributed by atoms with Crippen LogP contribution in [0.3, 0.4) is 0 Å². The first-order valence-corrected chi connectivity index (χ1v) is 8.48. The van der Waals surface area contributed by atoms with Crippen molar-refractivity contribution in [2.45, 2.75) is 30.7 Å². The molecule has 1 amide bonds. The van der Waals surface area contributed by atoms with E-state index in [0.717, 1.165) is 0 Å². The van der Waals surface area contributed by atoms with Gasteiger partial charge in [0.25, 0.3) is 5.91 Å². The molecular weight excluding hydrogens is 308 g/mol. The zero-order valence-corrected chi connectivity index (χ0v) is 13.0. The van der Waals surface area contributed by atoms with Gasteiger partial charge in [-0.05, 0) is 37.1 Å². The number of carboxylic acid groups (broad SMARTS) is 1. The van der Waals surface area contributed by atoms with Crippen molar-refractivity contribution in [3.8, 4) is 0 Å². The van der Waals surface area contributed by atoms with Crippen LogP contribution in [-0.4, -0.2) is 49.4 Å². The first-order chi connectivity index (χ1) is 10.4. The number of benzene rings is 1. The number of carbonyl (C=O) groups is 2. The highest BCUT2D eigenvalue weighted by Gasteiger charge is 2.34. The lowest BCUT2D eigenvalue weighted by Crippen LogP contribution is -2.40. The Kier molecular flexibility index (Phi) is 4.82. The van der Waals surface area contributed by atoms with Gasteiger partial charge in [0.05, 0.1) is 4.90 Å². The summed E-state index contributed by atoms with van der Waals surface area (Å²) in [6.45, 7) is 2.35. The van der Waals surface area contributed by atoms with Crippen LogP contribution < -0.4 is 4.72 Å². The molecule has 0 saturated carbocycles. The van der Waals surface area contributed by atoms with E-state index < -0.39 is 27.9 Å². The Morgan fingerprint density at radius 3 is 2.50 bits per heavy atom. The molecule has 1 fully saturated rings. The number of carboxylic acids is 1. The van der Waals surface area contributed by atoms with Gasteiger partial charge in [0.15, 0.2) is 0 Å². The topological polar surface area (TPSA) is 104 Å². The van der Waals surface area contributed by atoms with Crippen molar-refractivity contribution >= 4 is 21.9 Å². The summed E-state index contributed by atoms with van der Waals surface area (Å²) < 4.78 is 26.0. The van der Waals surface area contributed by atoms with Crippen LogP contribution in [0, 0.1) is 0 Å². The summed E-state index contributed by atoms with van der Waals surface area (Å²) in [5.74, 6) is -1.41. The fraction of sp³-hybridized carbons (Fsp3) is 0.429. The molecule has 7 nitrogen and oxygen atoms in total. The van der Waals surface area contributed by atoms with Crippen molar-refractivity contribution in [3.63, 3.8) is 0 Å². The molecule has 0 bridgehead atoms. The Labute approximate surface area is 129 Å². The largest absolute Gasteiger partial charge is 0.480 e. The van der Waals surface area contributed by atoms with Gasteiger partial charge in [-0.2, -0.15) is 0 Å². The van der Waals surface area contributed by atoms with Gasteiger partial charge < -0.3 is 10.0 Å². The van der Waals surface area contributed by atoms with E-state index in [1.807, 2.05) is 0 Å². The van der Waals surface area contributed by atoms with E-state index >= 15 is 0 Å². The zero-order chi connectivity index (χ0) is 16.3. The van der Waals surface area contributed by atoms with Crippen LogP contribution in [0.5, 0.6) is 0 Å². The minimum Gasteiger partial charge on any atom is -0.480 e. The van der Waals surface area contributed by atoms with Gasteiger partial charge >= 0.3 is 5.97 Å². The van der Waals surface area contributed by atoms with Crippen molar-refractivity contribution in [2.24, 2.45) is 0 Å². The van der Waals surface area contributed by atoms with E-state index in [1.165, 1.54) is 29.2 Å². The molecule has 1 aromatic rings. The first-order valence-electron chi connectivity index (χ1n) is 7.00. The third kappa shape index (κ3) is 3.28. The quantitative estimate of drug-likeness (QED) is 0.828. The lowest BCUT2D eigenvalue weighted by Gasteiger charge is -2.21. The molecule has 1 aliphatic heterocycles. The smallest absolute Gasteiger partial charge is 0.326 e. The maximum atomic E-state index is 12.3. The molecule has 1 aromatic carbocycles. The van der Waals surface area contributed by atoms with Gasteiger partial charge in [0.2, 0.25) is 10.0 Å². The molecule has 1 atom stereocenters. The average molecular weight is 326 g/mol. The Morgan fingerprint density at radius 2 is 1.95 bits per heavy atom. The summed E-state index contributed by atoms with van der Waals surface area (Å²) in [6, 6.07) is 4.69. The van der Waals surface area contributed by atoms with Gasteiger partial charge in [-0.3, -0.25) is 4.79 Å². The van der Waals surface area contributed by atoms with E-state index in [9.17, 15) is 18.0 Å².